The second-order valence-corrected chi connectivity index (χ2v) is 7.71. The largest absolute Gasteiger partial charge is 0.478 e. The number of nitrogens with zero attached hydrogens (tertiary/aromatic N) is 2. The molecule has 32 heavy (non-hydrogen) atoms. The van der Waals surface area contributed by atoms with Crippen LogP contribution in [0.25, 0.3) is 16.6 Å². The number of Topliss-reactive ketones (excluding diaryl/α,β-unsaturated/α-hetero) is 1. The third kappa shape index (κ3) is 3.72. The molecule has 0 spiro atoms. The Morgan fingerprint density at radius 1 is 0.875 bits per heavy atom. The van der Waals surface area contributed by atoms with Crippen LogP contribution in [0.5, 0.6) is 11.5 Å². The fraction of sp³-hybridized carbons (Fsp3) is 0.0833. The van der Waals surface area contributed by atoms with E-state index < -0.39 is 5.97 Å². The standard InChI is InChI=1S/C24H16N2O5S/c27-23(15-4-2-1-3-5-15)17(10-14-6-9-20-21(11-14)31-13-30-20)22(24(28)29)16-7-8-18-19(12-16)26-32-25-18/h1-9,11-12H,10,13H2,(H,28,29)/b22-17+. The number of rotatable bonds is 6. The van der Waals surface area contributed by atoms with Gasteiger partial charge in [-0.05, 0) is 35.4 Å². The van der Waals surface area contributed by atoms with Crippen LogP contribution in [0.15, 0.2) is 72.3 Å². The number of hydrogen-bond donors (Lipinski definition) is 1. The molecule has 4 aromatic rings. The number of carbonyl (C=O) groups is 2. The van der Waals surface area contributed by atoms with Crippen LogP contribution in [-0.2, 0) is 11.2 Å². The number of carboxylic acids is 1. The number of carboxylic acid groups (broad SMARTS) is 1. The Hall–Kier alpha value is -4.04. The van der Waals surface area contributed by atoms with Crippen LogP contribution in [0.3, 0.4) is 0 Å². The first-order valence-corrected chi connectivity index (χ1v) is 10.5. The Kier molecular flexibility index (Phi) is 5.12. The molecule has 0 unspecified atom stereocenters. The smallest absolute Gasteiger partial charge is 0.336 e. The number of aromatic nitrogens is 2. The Labute approximate surface area is 186 Å². The van der Waals surface area contributed by atoms with E-state index >= 15 is 0 Å². The Morgan fingerprint density at radius 3 is 2.47 bits per heavy atom. The number of ketones is 1. The first-order valence-electron chi connectivity index (χ1n) is 9.77. The van der Waals surface area contributed by atoms with Crippen molar-refractivity contribution in [3.63, 3.8) is 0 Å². The van der Waals surface area contributed by atoms with Crippen molar-refractivity contribution in [3.8, 4) is 11.5 Å². The van der Waals surface area contributed by atoms with Crippen LogP contribution in [0, 0.1) is 0 Å². The minimum atomic E-state index is -1.19. The highest BCUT2D eigenvalue weighted by molar-refractivity contribution is 7.00. The quantitative estimate of drug-likeness (QED) is 0.348. The third-order valence-electron chi connectivity index (χ3n) is 5.19. The first-order chi connectivity index (χ1) is 15.6. The van der Waals surface area contributed by atoms with E-state index in [2.05, 4.69) is 8.75 Å². The Morgan fingerprint density at radius 2 is 1.66 bits per heavy atom. The minimum Gasteiger partial charge on any atom is -0.478 e. The van der Waals surface area contributed by atoms with Crippen LogP contribution < -0.4 is 9.47 Å². The van der Waals surface area contributed by atoms with Gasteiger partial charge in [-0.3, -0.25) is 4.79 Å². The van der Waals surface area contributed by atoms with Gasteiger partial charge in [0.05, 0.1) is 17.3 Å². The molecule has 0 bridgehead atoms. The van der Waals surface area contributed by atoms with Gasteiger partial charge in [-0.2, -0.15) is 8.75 Å². The SMILES string of the molecule is O=C(O)/C(=C(\Cc1ccc2c(c1)OCO2)C(=O)c1ccccc1)c1ccc2nsnc2c1. The van der Waals surface area contributed by atoms with E-state index in [9.17, 15) is 14.7 Å². The predicted octanol–water partition coefficient (Wildman–Crippen LogP) is 4.38. The molecule has 0 fully saturated rings. The van der Waals surface area contributed by atoms with Crippen molar-refractivity contribution in [3.05, 3.63) is 89.0 Å². The summed E-state index contributed by atoms with van der Waals surface area (Å²) < 4.78 is 19.2. The fourth-order valence-corrected chi connectivity index (χ4v) is 4.18. The maximum atomic E-state index is 13.5. The summed E-state index contributed by atoms with van der Waals surface area (Å²) in [4.78, 5) is 26.0. The first kappa shape index (κ1) is 19.9. The average molecular weight is 444 g/mol. The van der Waals surface area contributed by atoms with Crippen LogP contribution in [0.1, 0.15) is 21.5 Å². The van der Waals surface area contributed by atoms with Gasteiger partial charge >= 0.3 is 5.97 Å². The lowest BCUT2D eigenvalue weighted by atomic mass is 9.89. The minimum absolute atomic E-state index is 0.0635. The molecule has 0 aliphatic carbocycles. The third-order valence-corrected chi connectivity index (χ3v) is 5.74. The summed E-state index contributed by atoms with van der Waals surface area (Å²) in [7, 11) is 0. The maximum absolute atomic E-state index is 13.5. The van der Waals surface area contributed by atoms with E-state index in [0.717, 1.165) is 17.3 Å². The summed E-state index contributed by atoms with van der Waals surface area (Å²) >= 11 is 1.05. The summed E-state index contributed by atoms with van der Waals surface area (Å²) in [6.07, 6.45) is 0.110. The fourth-order valence-electron chi connectivity index (χ4n) is 3.67. The maximum Gasteiger partial charge on any atom is 0.336 e. The number of ether oxygens (including phenoxy) is 2. The van der Waals surface area contributed by atoms with Crippen LogP contribution in [0.2, 0.25) is 0 Å². The summed E-state index contributed by atoms with van der Waals surface area (Å²) in [5.41, 5.74) is 2.92. The van der Waals surface area contributed by atoms with E-state index in [1.54, 1.807) is 66.7 Å². The molecule has 3 aromatic carbocycles. The number of hydrogen-bond acceptors (Lipinski definition) is 7. The number of fused-ring (bicyclic) bond motifs is 2. The van der Waals surface area contributed by atoms with Crippen molar-refractivity contribution in [1.82, 2.24) is 8.75 Å². The van der Waals surface area contributed by atoms with E-state index in [4.69, 9.17) is 9.47 Å². The molecular formula is C24H16N2O5S. The molecule has 2 heterocycles. The topological polar surface area (TPSA) is 98.6 Å². The number of benzene rings is 3. The molecule has 0 saturated heterocycles. The van der Waals surface area contributed by atoms with E-state index in [0.29, 0.717) is 33.7 Å². The molecule has 0 radical (unpaired) electrons. The van der Waals surface area contributed by atoms with Crippen molar-refractivity contribution in [2.24, 2.45) is 0 Å². The molecule has 1 aliphatic rings. The number of aliphatic carboxylic acids is 1. The summed E-state index contributed by atoms with van der Waals surface area (Å²) in [6.45, 7) is 0.131. The van der Waals surface area contributed by atoms with Gasteiger partial charge in [0.2, 0.25) is 6.79 Å². The van der Waals surface area contributed by atoms with Gasteiger partial charge < -0.3 is 14.6 Å². The van der Waals surface area contributed by atoms with Gasteiger partial charge in [0.1, 0.15) is 11.0 Å². The lowest BCUT2D eigenvalue weighted by Gasteiger charge is -2.13. The van der Waals surface area contributed by atoms with Crippen LogP contribution in [0.4, 0.5) is 0 Å². The van der Waals surface area contributed by atoms with Gasteiger partial charge in [-0.1, -0.05) is 42.5 Å². The molecule has 158 valence electrons. The van der Waals surface area contributed by atoms with Crippen LogP contribution in [-0.4, -0.2) is 32.4 Å². The molecule has 0 saturated carbocycles. The molecule has 5 rings (SSSR count). The molecule has 8 heteroatoms. The lowest BCUT2D eigenvalue weighted by Crippen LogP contribution is -2.14. The second kappa shape index (κ2) is 8.24. The highest BCUT2D eigenvalue weighted by Crippen LogP contribution is 2.34. The van der Waals surface area contributed by atoms with Gasteiger partial charge in [0.15, 0.2) is 17.3 Å². The van der Waals surface area contributed by atoms with Crippen molar-refractivity contribution in [1.29, 1.82) is 0 Å². The molecule has 1 N–H and O–H groups in total. The summed E-state index contributed by atoms with van der Waals surface area (Å²) in [5, 5.41) is 10.2. The van der Waals surface area contributed by atoms with Crippen molar-refractivity contribution in [2.75, 3.05) is 6.79 Å². The number of allylic oxidation sites excluding steroid dienone is 1. The molecule has 7 nitrogen and oxygen atoms in total. The van der Waals surface area contributed by atoms with Crippen molar-refractivity contribution >= 4 is 40.1 Å². The molecule has 0 amide bonds. The monoisotopic (exact) mass is 444 g/mol. The second-order valence-electron chi connectivity index (χ2n) is 7.19. The average Bonchev–Trinajstić information content (AvgIpc) is 3.47. The number of carbonyl (C=O) groups excluding carboxylic acids is 1. The zero-order valence-electron chi connectivity index (χ0n) is 16.6. The summed E-state index contributed by atoms with van der Waals surface area (Å²) in [5.74, 6) is -0.348. The van der Waals surface area contributed by atoms with Crippen molar-refractivity contribution < 1.29 is 24.2 Å². The van der Waals surface area contributed by atoms with Crippen molar-refractivity contribution in [2.45, 2.75) is 6.42 Å². The molecule has 0 atom stereocenters. The van der Waals surface area contributed by atoms with Gasteiger partial charge in [-0.25, -0.2) is 4.79 Å². The normalized spacial score (nSPS) is 13.1. The van der Waals surface area contributed by atoms with E-state index in [1.807, 2.05) is 0 Å². The summed E-state index contributed by atoms with van der Waals surface area (Å²) in [6, 6.07) is 19.0. The van der Waals surface area contributed by atoms with Gasteiger partial charge in [-0.15, -0.1) is 0 Å². The highest BCUT2D eigenvalue weighted by Gasteiger charge is 2.25. The molecule has 1 aliphatic heterocycles. The highest BCUT2D eigenvalue weighted by atomic mass is 32.1. The zero-order valence-corrected chi connectivity index (χ0v) is 17.5. The van der Waals surface area contributed by atoms with E-state index in [1.165, 1.54) is 0 Å². The Balaban J connectivity index is 1.67. The predicted molar refractivity (Wildman–Crippen MR) is 119 cm³/mol. The Bertz CT molecular complexity index is 1380. The zero-order chi connectivity index (χ0) is 22.1. The van der Waals surface area contributed by atoms with Gasteiger partial charge in [0.25, 0.3) is 0 Å². The van der Waals surface area contributed by atoms with Crippen LogP contribution >= 0.6 is 11.7 Å². The molecular weight excluding hydrogens is 428 g/mol. The van der Waals surface area contributed by atoms with E-state index in [-0.39, 0.29) is 30.1 Å². The van der Waals surface area contributed by atoms with Gasteiger partial charge in [0, 0.05) is 17.6 Å². The molecule has 1 aromatic heterocycles. The lowest BCUT2D eigenvalue weighted by molar-refractivity contribution is -0.130.